The summed E-state index contributed by atoms with van der Waals surface area (Å²) in [7, 11) is 2.96. The summed E-state index contributed by atoms with van der Waals surface area (Å²) in [6.45, 7) is 0. The number of hydrogen-bond donors (Lipinski definition) is 0. The van der Waals surface area contributed by atoms with E-state index in [0.717, 1.165) is 0 Å². The fourth-order valence-electron chi connectivity index (χ4n) is 1.62. The Labute approximate surface area is 110 Å². The maximum absolute atomic E-state index is 12.0. The molecule has 5 heteroatoms. The van der Waals surface area contributed by atoms with Gasteiger partial charge in [0.1, 0.15) is 0 Å². The number of rotatable bonds is 3. The number of hydrogen-bond acceptors (Lipinski definition) is 4. The molecule has 1 aromatic heterocycles. The van der Waals surface area contributed by atoms with Gasteiger partial charge in [0.15, 0.2) is 5.76 Å². The Morgan fingerprint density at radius 1 is 1.16 bits per heavy atom. The summed E-state index contributed by atoms with van der Waals surface area (Å²) in [6.07, 6.45) is 1.45. The van der Waals surface area contributed by atoms with E-state index in [4.69, 9.17) is 4.42 Å². The van der Waals surface area contributed by atoms with Gasteiger partial charge in [-0.15, -0.1) is 0 Å². The van der Waals surface area contributed by atoms with Crippen LogP contribution in [0.15, 0.2) is 47.1 Å². The minimum atomic E-state index is -0.411. The Morgan fingerprint density at radius 3 is 2.37 bits per heavy atom. The number of amides is 1. The zero-order valence-electron chi connectivity index (χ0n) is 10.6. The molecule has 0 unspecified atom stereocenters. The number of furan rings is 1. The summed E-state index contributed by atoms with van der Waals surface area (Å²) in [6, 6.07) is 9.81. The van der Waals surface area contributed by atoms with Gasteiger partial charge >= 0.3 is 5.97 Å². The molecule has 0 saturated heterocycles. The average Bonchev–Trinajstić information content (AvgIpc) is 2.99. The predicted molar refractivity (Wildman–Crippen MR) is 69.2 cm³/mol. The number of carbonyl (C=O) groups is 2. The summed E-state index contributed by atoms with van der Waals surface area (Å²) in [5.41, 5.74) is 1.10. The highest BCUT2D eigenvalue weighted by Crippen LogP contribution is 2.17. The number of carbonyl (C=O) groups excluding carboxylic acids is 2. The molecule has 0 atom stereocenters. The highest BCUT2D eigenvalue weighted by molar-refractivity contribution is 6.04. The first-order chi connectivity index (χ1) is 9.13. The van der Waals surface area contributed by atoms with Gasteiger partial charge in [-0.1, -0.05) is 0 Å². The third-order valence-electron chi connectivity index (χ3n) is 2.71. The first-order valence-corrected chi connectivity index (χ1v) is 5.63. The Morgan fingerprint density at radius 2 is 1.84 bits per heavy atom. The molecule has 1 aromatic carbocycles. The molecule has 0 spiro atoms. The topological polar surface area (TPSA) is 59.8 Å². The van der Waals surface area contributed by atoms with E-state index in [1.807, 2.05) is 0 Å². The highest BCUT2D eigenvalue weighted by Gasteiger charge is 2.16. The van der Waals surface area contributed by atoms with Crippen molar-refractivity contribution < 1.29 is 18.7 Å². The Hall–Kier alpha value is -2.56. The summed E-state index contributed by atoms with van der Waals surface area (Å²) in [5.74, 6) is -0.401. The number of nitrogens with zero attached hydrogens (tertiary/aromatic N) is 1. The zero-order chi connectivity index (χ0) is 13.8. The van der Waals surface area contributed by atoms with E-state index in [2.05, 4.69) is 4.74 Å². The third-order valence-corrected chi connectivity index (χ3v) is 2.71. The van der Waals surface area contributed by atoms with E-state index >= 15 is 0 Å². The van der Waals surface area contributed by atoms with Crippen molar-refractivity contribution in [3.8, 4) is 0 Å². The van der Waals surface area contributed by atoms with Crippen LogP contribution < -0.4 is 4.90 Å². The Balaban J connectivity index is 2.18. The molecule has 1 amide bonds. The van der Waals surface area contributed by atoms with Crippen LogP contribution in [-0.4, -0.2) is 26.0 Å². The van der Waals surface area contributed by atoms with Crippen molar-refractivity contribution in [1.82, 2.24) is 0 Å². The van der Waals surface area contributed by atoms with Crippen molar-refractivity contribution in [2.45, 2.75) is 0 Å². The molecule has 19 heavy (non-hydrogen) atoms. The van der Waals surface area contributed by atoms with Crippen molar-refractivity contribution in [1.29, 1.82) is 0 Å². The second-order valence-electron chi connectivity index (χ2n) is 3.88. The molecular weight excluding hydrogens is 246 g/mol. The van der Waals surface area contributed by atoms with Crippen molar-refractivity contribution >= 4 is 17.6 Å². The fraction of sp³-hybridized carbons (Fsp3) is 0.143. The zero-order valence-corrected chi connectivity index (χ0v) is 10.6. The lowest BCUT2D eigenvalue weighted by molar-refractivity contribution is 0.0600. The van der Waals surface area contributed by atoms with Gasteiger partial charge in [-0.25, -0.2) is 4.79 Å². The number of ether oxygens (including phenoxy) is 1. The van der Waals surface area contributed by atoms with Gasteiger partial charge in [-0.3, -0.25) is 4.79 Å². The van der Waals surface area contributed by atoms with Gasteiger partial charge in [0.05, 0.1) is 18.9 Å². The first kappa shape index (κ1) is 12.9. The third kappa shape index (κ3) is 2.65. The van der Waals surface area contributed by atoms with Crippen LogP contribution in [0.25, 0.3) is 0 Å². The normalized spacial score (nSPS) is 10.0. The second-order valence-corrected chi connectivity index (χ2v) is 3.88. The van der Waals surface area contributed by atoms with Crippen molar-refractivity contribution in [2.24, 2.45) is 0 Å². The molecule has 0 fully saturated rings. The summed E-state index contributed by atoms with van der Waals surface area (Å²) in [4.78, 5) is 24.8. The van der Waals surface area contributed by atoms with Crippen LogP contribution in [0.1, 0.15) is 20.9 Å². The van der Waals surface area contributed by atoms with Gasteiger partial charge in [0.25, 0.3) is 5.91 Å². The second kappa shape index (κ2) is 5.39. The predicted octanol–water partition coefficient (Wildman–Crippen LogP) is 2.34. The summed E-state index contributed by atoms with van der Waals surface area (Å²) < 4.78 is 9.66. The summed E-state index contributed by atoms with van der Waals surface area (Å²) in [5, 5.41) is 0. The van der Waals surface area contributed by atoms with Crippen LogP contribution in [0.2, 0.25) is 0 Å². The number of methoxy groups -OCH3 is 1. The van der Waals surface area contributed by atoms with Crippen LogP contribution in [0.3, 0.4) is 0 Å². The van der Waals surface area contributed by atoms with Crippen LogP contribution in [0.5, 0.6) is 0 Å². The van der Waals surface area contributed by atoms with E-state index in [9.17, 15) is 9.59 Å². The highest BCUT2D eigenvalue weighted by atomic mass is 16.5. The van der Waals surface area contributed by atoms with Crippen molar-refractivity contribution in [3.05, 3.63) is 54.0 Å². The molecule has 0 saturated carbocycles. The largest absolute Gasteiger partial charge is 0.465 e. The molecule has 0 aliphatic carbocycles. The molecule has 0 N–H and O–H groups in total. The number of esters is 1. The molecule has 0 radical (unpaired) electrons. The lowest BCUT2D eigenvalue weighted by Gasteiger charge is -2.16. The van der Waals surface area contributed by atoms with Gasteiger partial charge in [-0.05, 0) is 36.4 Å². The molecule has 5 nitrogen and oxygen atoms in total. The van der Waals surface area contributed by atoms with Gasteiger partial charge in [0.2, 0.25) is 0 Å². The quantitative estimate of drug-likeness (QED) is 0.794. The molecular formula is C14H13NO4. The number of anilines is 1. The van der Waals surface area contributed by atoms with Gasteiger partial charge < -0.3 is 14.1 Å². The Bertz CT molecular complexity index is 572. The van der Waals surface area contributed by atoms with Crippen LogP contribution >= 0.6 is 0 Å². The van der Waals surface area contributed by atoms with E-state index in [-0.39, 0.29) is 11.7 Å². The first-order valence-electron chi connectivity index (χ1n) is 5.63. The van der Waals surface area contributed by atoms with Gasteiger partial charge in [0, 0.05) is 12.7 Å². The molecule has 98 valence electrons. The van der Waals surface area contributed by atoms with E-state index in [0.29, 0.717) is 11.3 Å². The van der Waals surface area contributed by atoms with Crippen molar-refractivity contribution in [3.63, 3.8) is 0 Å². The van der Waals surface area contributed by atoms with E-state index < -0.39 is 5.97 Å². The maximum atomic E-state index is 12.0. The lowest BCUT2D eigenvalue weighted by atomic mass is 10.2. The Kier molecular flexibility index (Phi) is 3.66. The monoisotopic (exact) mass is 259 g/mol. The smallest absolute Gasteiger partial charge is 0.337 e. The van der Waals surface area contributed by atoms with E-state index in [1.165, 1.54) is 18.3 Å². The van der Waals surface area contributed by atoms with Crippen LogP contribution in [0.4, 0.5) is 5.69 Å². The standard InChI is InChI=1S/C14H13NO4/c1-15(13(16)12-4-3-9-19-12)11-7-5-10(6-8-11)14(17)18-2/h3-9H,1-2H3. The van der Waals surface area contributed by atoms with Crippen molar-refractivity contribution in [2.75, 3.05) is 19.1 Å². The number of benzene rings is 1. The molecule has 2 rings (SSSR count). The lowest BCUT2D eigenvalue weighted by Crippen LogP contribution is -2.25. The minimum absolute atomic E-state index is 0.254. The minimum Gasteiger partial charge on any atom is -0.465 e. The molecule has 0 aliphatic heterocycles. The van der Waals surface area contributed by atoms with E-state index in [1.54, 1.807) is 43.4 Å². The molecule has 0 bridgehead atoms. The maximum Gasteiger partial charge on any atom is 0.337 e. The SMILES string of the molecule is COC(=O)c1ccc(N(C)C(=O)c2ccco2)cc1. The average molecular weight is 259 g/mol. The molecule has 2 aromatic rings. The fourth-order valence-corrected chi connectivity index (χ4v) is 1.62. The van der Waals surface area contributed by atoms with Crippen LogP contribution in [0, 0.1) is 0 Å². The van der Waals surface area contributed by atoms with Crippen LogP contribution in [-0.2, 0) is 4.74 Å². The molecule has 0 aliphatic rings. The van der Waals surface area contributed by atoms with Gasteiger partial charge in [-0.2, -0.15) is 0 Å². The molecule has 1 heterocycles. The summed E-state index contributed by atoms with van der Waals surface area (Å²) >= 11 is 0.